The molecule has 0 radical (unpaired) electrons. The number of aromatic nitrogens is 1. The third kappa shape index (κ3) is 5.73. The van der Waals surface area contributed by atoms with Gasteiger partial charge in [-0.25, -0.2) is 9.78 Å². The van der Waals surface area contributed by atoms with Crippen molar-refractivity contribution in [1.29, 1.82) is 0 Å². The predicted molar refractivity (Wildman–Crippen MR) is 97.9 cm³/mol. The van der Waals surface area contributed by atoms with Gasteiger partial charge >= 0.3 is 6.09 Å². The van der Waals surface area contributed by atoms with Crippen LogP contribution in [-0.2, 0) is 4.74 Å². The number of carbonyl (C=O) groups excluding carboxylic acids is 2. The fraction of sp³-hybridized carbons (Fsp3) is 0.562. The van der Waals surface area contributed by atoms with Crippen LogP contribution in [0, 0.1) is 0 Å². The molecule has 2 rings (SSSR count). The molecule has 0 unspecified atom stereocenters. The van der Waals surface area contributed by atoms with Crippen molar-refractivity contribution in [3.05, 3.63) is 26.9 Å². The minimum absolute atomic E-state index is 0.0276. The molecule has 1 aromatic rings. The maximum absolute atomic E-state index is 12.6. The lowest BCUT2D eigenvalue weighted by molar-refractivity contribution is 0.0473. The molecule has 0 saturated carbocycles. The lowest BCUT2D eigenvalue weighted by Gasteiger charge is -2.33. The highest BCUT2D eigenvalue weighted by atomic mass is 79.9. The first-order valence-electron chi connectivity index (χ1n) is 7.76. The van der Waals surface area contributed by atoms with Crippen LogP contribution >= 0.6 is 31.9 Å². The number of hydrogen-bond donors (Lipinski definition) is 1. The maximum Gasteiger partial charge on any atom is 0.407 e. The zero-order valence-corrected chi connectivity index (χ0v) is 17.1. The van der Waals surface area contributed by atoms with Gasteiger partial charge in [-0.15, -0.1) is 0 Å². The van der Waals surface area contributed by atoms with Crippen LogP contribution in [0.3, 0.4) is 0 Å². The molecule has 1 aliphatic heterocycles. The molecule has 132 valence electrons. The number of pyridine rings is 1. The van der Waals surface area contributed by atoms with Gasteiger partial charge in [0.25, 0.3) is 5.91 Å². The predicted octanol–water partition coefficient (Wildman–Crippen LogP) is 3.74. The average Bonchev–Trinajstić information content (AvgIpc) is 2.44. The summed E-state index contributed by atoms with van der Waals surface area (Å²) < 4.78 is 6.49. The Morgan fingerprint density at radius 2 is 1.75 bits per heavy atom. The van der Waals surface area contributed by atoms with Gasteiger partial charge < -0.3 is 15.0 Å². The van der Waals surface area contributed by atoms with Crippen LogP contribution in [0.1, 0.15) is 44.0 Å². The largest absolute Gasteiger partial charge is 0.444 e. The fourth-order valence-electron chi connectivity index (χ4n) is 2.47. The first-order chi connectivity index (χ1) is 11.1. The summed E-state index contributed by atoms with van der Waals surface area (Å²) in [5, 5.41) is 2.87. The molecule has 1 saturated heterocycles. The van der Waals surface area contributed by atoms with Crippen molar-refractivity contribution in [1.82, 2.24) is 15.2 Å². The van der Waals surface area contributed by atoms with Gasteiger partial charge in [-0.2, -0.15) is 0 Å². The van der Waals surface area contributed by atoms with Crippen LogP contribution in [0.5, 0.6) is 0 Å². The molecule has 8 heteroatoms. The van der Waals surface area contributed by atoms with E-state index in [4.69, 9.17) is 4.74 Å². The van der Waals surface area contributed by atoms with Gasteiger partial charge in [0.2, 0.25) is 0 Å². The topological polar surface area (TPSA) is 71.5 Å². The SMILES string of the molecule is CC(C)(C)OC(=O)NC1CCN(C(=O)c2cc(Br)nc(Br)c2)CC1. The summed E-state index contributed by atoms with van der Waals surface area (Å²) in [5.74, 6) is -0.0329. The summed E-state index contributed by atoms with van der Waals surface area (Å²) >= 11 is 6.59. The van der Waals surface area contributed by atoms with Crippen LogP contribution in [0.4, 0.5) is 4.79 Å². The molecule has 0 bridgehead atoms. The van der Waals surface area contributed by atoms with E-state index in [1.807, 2.05) is 20.8 Å². The third-order valence-corrected chi connectivity index (χ3v) is 4.33. The van der Waals surface area contributed by atoms with Crippen LogP contribution < -0.4 is 5.32 Å². The lowest BCUT2D eigenvalue weighted by Crippen LogP contribution is -2.47. The van der Waals surface area contributed by atoms with E-state index >= 15 is 0 Å². The van der Waals surface area contributed by atoms with Crippen molar-refractivity contribution >= 4 is 43.9 Å². The van der Waals surface area contributed by atoms with E-state index in [1.165, 1.54) is 0 Å². The van der Waals surface area contributed by atoms with Crippen molar-refractivity contribution in [3.63, 3.8) is 0 Å². The van der Waals surface area contributed by atoms with Crippen LogP contribution in [-0.4, -0.2) is 46.6 Å². The Hall–Kier alpha value is -1.15. The number of alkyl carbamates (subject to hydrolysis) is 1. The third-order valence-electron chi connectivity index (χ3n) is 3.51. The number of rotatable bonds is 2. The summed E-state index contributed by atoms with van der Waals surface area (Å²) in [4.78, 5) is 30.3. The van der Waals surface area contributed by atoms with E-state index < -0.39 is 11.7 Å². The van der Waals surface area contributed by atoms with Gasteiger partial charge in [-0.1, -0.05) is 0 Å². The molecule has 6 nitrogen and oxygen atoms in total. The van der Waals surface area contributed by atoms with Gasteiger partial charge in [-0.3, -0.25) is 4.79 Å². The number of nitrogens with one attached hydrogen (secondary N) is 1. The quantitative estimate of drug-likeness (QED) is 0.679. The standard InChI is InChI=1S/C16H21Br2N3O3/c1-16(2,3)24-15(23)19-11-4-6-21(7-5-11)14(22)10-8-12(17)20-13(18)9-10/h8-9,11H,4-7H2,1-3H3,(H,19,23). The number of ether oxygens (including phenoxy) is 1. The summed E-state index contributed by atoms with van der Waals surface area (Å²) in [7, 11) is 0. The molecule has 0 spiro atoms. The van der Waals surface area contributed by atoms with Crippen molar-refractivity contribution in [2.45, 2.75) is 45.3 Å². The second kappa shape index (κ2) is 7.82. The van der Waals surface area contributed by atoms with Gasteiger partial charge in [0, 0.05) is 24.7 Å². The van der Waals surface area contributed by atoms with Crippen LogP contribution in [0.25, 0.3) is 0 Å². The Kier molecular flexibility index (Phi) is 6.25. The van der Waals surface area contributed by atoms with E-state index in [1.54, 1.807) is 17.0 Å². The Morgan fingerprint density at radius 3 is 2.25 bits per heavy atom. The highest BCUT2D eigenvalue weighted by molar-refractivity contribution is 9.11. The van der Waals surface area contributed by atoms with Gasteiger partial charge in [0.05, 0.1) is 0 Å². The lowest BCUT2D eigenvalue weighted by atomic mass is 10.0. The monoisotopic (exact) mass is 461 g/mol. The van der Waals surface area contributed by atoms with E-state index in [0.29, 0.717) is 40.7 Å². The molecule has 0 aromatic carbocycles. The Morgan fingerprint density at radius 1 is 1.21 bits per heavy atom. The normalized spacial score (nSPS) is 16.0. The average molecular weight is 463 g/mol. The Bertz CT molecular complexity index is 603. The molecule has 24 heavy (non-hydrogen) atoms. The summed E-state index contributed by atoms with van der Waals surface area (Å²) in [6.07, 6.45) is 1.01. The number of halogens is 2. The molecule has 1 fully saturated rings. The van der Waals surface area contributed by atoms with E-state index in [0.717, 1.165) is 0 Å². The van der Waals surface area contributed by atoms with Gasteiger partial charge in [0.15, 0.2) is 0 Å². The second-order valence-corrected chi connectivity index (χ2v) is 8.34. The summed E-state index contributed by atoms with van der Waals surface area (Å²) in [6, 6.07) is 3.44. The van der Waals surface area contributed by atoms with E-state index in [9.17, 15) is 9.59 Å². The molecular formula is C16H21Br2N3O3. The number of amides is 2. The molecule has 2 amide bonds. The highest BCUT2D eigenvalue weighted by Crippen LogP contribution is 2.20. The smallest absolute Gasteiger partial charge is 0.407 e. The molecule has 1 aromatic heterocycles. The zero-order valence-electron chi connectivity index (χ0n) is 13.9. The summed E-state index contributed by atoms with van der Waals surface area (Å²) in [5.41, 5.74) is 0.0744. The van der Waals surface area contributed by atoms with Crippen molar-refractivity contribution < 1.29 is 14.3 Å². The number of likely N-dealkylation sites (tertiary alicyclic amines) is 1. The van der Waals surface area contributed by atoms with Gasteiger partial charge in [-0.05, 0) is 77.6 Å². The molecule has 0 aliphatic carbocycles. The maximum atomic E-state index is 12.6. The zero-order chi connectivity index (χ0) is 17.9. The van der Waals surface area contributed by atoms with Gasteiger partial charge in [0.1, 0.15) is 14.8 Å². The fourth-order valence-corrected chi connectivity index (χ4v) is 3.59. The van der Waals surface area contributed by atoms with Crippen molar-refractivity contribution in [2.75, 3.05) is 13.1 Å². The molecule has 1 N–H and O–H groups in total. The minimum atomic E-state index is -0.511. The Balaban J connectivity index is 1.88. The molecule has 2 heterocycles. The molecule has 1 aliphatic rings. The van der Waals surface area contributed by atoms with Crippen LogP contribution in [0.15, 0.2) is 21.3 Å². The Labute approximate surface area is 158 Å². The van der Waals surface area contributed by atoms with Crippen molar-refractivity contribution in [3.8, 4) is 0 Å². The number of nitrogens with zero attached hydrogens (tertiary/aromatic N) is 2. The molecular weight excluding hydrogens is 442 g/mol. The first kappa shape index (κ1) is 19.2. The van der Waals surface area contributed by atoms with E-state index in [2.05, 4.69) is 42.2 Å². The number of piperidine rings is 1. The summed E-state index contributed by atoms with van der Waals surface area (Å²) in [6.45, 7) is 6.68. The second-order valence-electron chi connectivity index (χ2n) is 6.71. The number of carbonyl (C=O) groups is 2. The highest BCUT2D eigenvalue weighted by Gasteiger charge is 2.26. The minimum Gasteiger partial charge on any atom is -0.444 e. The first-order valence-corrected chi connectivity index (χ1v) is 9.34. The number of hydrogen-bond acceptors (Lipinski definition) is 4. The van der Waals surface area contributed by atoms with Crippen LogP contribution in [0.2, 0.25) is 0 Å². The van der Waals surface area contributed by atoms with E-state index in [-0.39, 0.29) is 11.9 Å². The molecule has 0 atom stereocenters. The van der Waals surface area contributed by atoms with Crippen molar-refractivity contribution in [2.24, 2.45) is 0 Å².